The van der Waals surface area contributed by atoms with Crippen LogP contribution in [0.25, 0.3) is 0 Å². The van der Waals surface area contributed by atoms with Crippen LogP contribution in [0, 0.1) is 6.92 Å². The zero-order valence-corrected chi connectivity index (χ0v) is 13.4. The van der Waals surface area contributed by atoms with Crippen LogP contribution in [-0.4, -0.2) is 17.0 Å². The second kappa shape index (κ2) is 5.98. The molecule has 0 aliphatic rings. The Morgan fingerprint density at radius 2 is 2.11 bits per heavy atom. The summed E-state index contributed by atoms with van der Waals surface area (Å²) in [7, 11) is 2.05. The fourth-order valence-electron chi connectivity index (χ4n) is 1.90. The zero-order valence-electron chi connectivity index (χ0n) is 11.8. The fourth-order valence-corrected chi connectivity index (χ4v) is 3.56. The minimum absolute atomic E-state index is 0.415. The maximum Gasteiger partial charge on any atom is 0.185 e. The lowest BCUT2D eigenvalue weighted by atomic mass is 10.1. The Morgan fingerprint density at radius 3 is 2.58 bits per heavy atom. The smallest absolute Gasteiger partial charge is 0.185 e. The lowest BCUT2D eigenvalue weighted by Crippen LogP contribution is -2.16. The van der Waals surface area contributed by atoms with Crippen LogP contribution in [0.15, 0.2) is 5.38 Å². The molecule has 0 aliphatic carbocycles. The number of hydrogen-bond acceptors (Lipinski definition) is 6. The molecule has 2 aromatic rings. The van der Waals surface area contributed by atoms with Gasteiger partial charge in [-0.1, -0.05) is 13.8 Å². The quantitative estimate of drug-likeness (QED) is 0.921. The predicted octanol–water partition coefficient (Wildman–Crippen LogP) is 3.13. The summed E-state index contributed by atoms with van der Waals surface area (Å²) in [6.45, 7) is 7.69. The Hall–Kier alpha value is -0.980. The average Bonchev–Trinajstić information content (AvgIpc) is 2.95. The topological polar surface area (TPSA) is 55.0 Å². The average molecular weight is 296 g/mol. The molecule has 6 heteroatoms. The molecular weight excluding hydrogens is 276 g/mol. The fraction of sp³-hybridized carbons (Fsp3) is 0.538. The molecule has 0 saturated heterocycles. The predicted molar refractivity (Wildman–Crippen MR) is 83.1 cm³/mol. The lowest BCUT2D eigenvalue weighted by molar-refractivity contribution is 0.802. The summed E-state index contributed by atoms with van der Waals surface area (Å²) in [6.07, 6.45) is 0. The molecule has 0 atom stereocenters. The Labute approximate surface area is 122 Å². The van der Waals surface area contributed by atoms with E-state index in [-0.39, 0.29) is 0 Å². The molecule has 2 aromatic heterocycles. The van der Waals surface area contributed by atoms with E-state index in [1.807, 2.05) is 6.92 Å². The standard InChI is InChI=1S/C13H20N4S2/c1-8(2)12-11(5-14)19-13(16-12)17(4)6-10-7-18-9(3)15-10/h7-8H,5-6,14H2,1-4H3. The van der Waals surface area contributed by atoms with Crippen molar-refractivity contribution in [2.45, 2.75) is 39.8 Å². The number of aryl methyl sites for hydroxylation is 1. The molecular formula is C13H20N4S2. The molecule has 0 aromatic carbocycles. The zero-order chi connectivity index (χ0) is 14.0. The van der Waals surface area contributed by atoms with Crippen LogP contribution in [0.1, 0.15) is 41.0 Å². The van der Waals surface area contributed by atoms with Gasteiger partial charge in [-0.2, -0.15) is 0 Å². The monoisotopic (exact) mass is 296 g/mol. The summed E-state index contributed by atoms with van der Waals surface area (Å²) >= 11 is 3.37. The molecule has 0 aliphatic heterocycles. The van der Waals surface area contributed by atoms with Gasteiger partial charge in [0.25, 0.3) is 0 Å². The highest BCUT2D eigenvalue weighted by Crippen LogP contribution is 2.30. The molecule has 0 spiro atoms. The Balaban J connectivity index is 2.17. The molecule has 2 rings (SSSR count). The first-order valence-corrected chi connectivity index (χ1v) is 8.02. The molecule has 0 saturated carbocycles. The highest BCUT2D eigenvalue weighted by Gasteiger charge is 2.16. The number of nitrogens with two attached hydrogens (primary N) is 1. The molecule has 104 valence electrons. The van der Waals surface area contributed by atoms with Crippen molar-refractivity contribution in [3.8, 4) is 0 Å². The lowest BCUT2D eigenvalue weighted by Gasteiger charge is -2.13. The van der Waals surface area contributed by atoms with Gasteiger partial charge in [-0.25, -0.2) is 9.97 Å². The number of rotatable bonds is 5. The van der Waals surface area contributed by atoms with Crippen molar-refractivity contribution >= 4 is 27.8 Å². The molecule has 0 unspecified atom stereocenters. The van der Waals surface area contributed by atoms with Crippen LogP contribution in [-0.2, 0) is 13.1 Å². The number of hydrogen-bond donors (Lipinski definition) is 1. The summed E-state index contributed by atoms with van der Waals surface area (Å²) < 4.78 is 0. The van der Waals surface area contributed by atoms with Crippen molar-refractivity contribution in [1.29, 1.82) is 0 Å². The van der Waals surface area contributed by atoms with E-state index in [4.69, 9.17) is 10.7 Å². The summed E-state index contributed by atoms with van der Waals surface area (Å²) in [4.78, 5) is 12.5. The van der Waals surface area contributed by atoms with E-state index >= 15 is 0 Å². The molecule has 4 nitrogen and oxygen atoms in total. The van der Waals surface area contributed by atoms with Crippen LogP contribution in [0.5, 0.6) is 0 Å². The first-order valence-electron chi connectivity index (χ1n) is 6.33. The normalized spacial score (nSPS) is 11.3. The van der Waals surface area contributed by atoms with Gasteiger partial charge < -0.3 is 10.6 Å². The van der Waals surface area contributed by atoms with Crippen molar-refractivity contribution in [3.05, 3.63) is 26.7 Å². The summed E-state index contributed by atoms with van der Waals surface area (Å²) in [5.41, 5.74) is 8.03. The highest BCUT2D eigenvalue weighted by atomic mass is 32.1. The first kappa shape index (κ1) is 14.4. The van der Waals surface area contributed by atoms with E-state index < -0.39 is 0 Å². The maximum atomic E-state index is 5.80. The van der Waals surface area contributed by atoms with Crippen LogP contribution in [0.4, 0.5) is 5.13 Å². The van der Waals surface area contributed by atoms with E-state index in [1.54, 1.807) is 22.7 Å². The number of nitrogens with zero attached hydrogens (tertiary/aromatic N) is 3. The molecule has 19 heavy (non-hydrogen) atoms. The minimum atomic E-state index is 0.415. The van der Waals surface area contributed by atoms with E-state index in [9.17, 15) is 0 Å². The van der Waals surface area contributed by atoms with Gasteiger partial charge in [0.1, 0.15) is 0 Å². The summed E-state index contributed by atoms with van der Waals surface area (Å²) in [6, 6.07) is 0. The van der Waals surface area contributed by atoms with Crippen LogP contribution in [0.3, 0.4) is 0 Å². The molecule has 0 bridgehead atoms. The van der Waals surface area contributed by atoms with Gasteiger partial charge >= 0.3 is 0 Å². The van der Waals surface area contributed by atoms with Gasteiger partial charge in [-0.3, -0.25) is 0 Å². The van der Waals surface area contributed by atoms with E-state index in [1.165, 1.54) is 4.88 Å². The van der Waals surface area contributed by atoms with E-state index in [0.29, 0.717) is 12.5 Å². The van der Waals surface area contributed by atoms with Gasteiger partial charge in [0.05, 0.1) is 22.9 Å². The number of aromatic nitrogens is 2. The molecule has 2 heterocycles. The van der Waals surface area contributed by atoms with Gasteiger partial charge in [-0.05, 0) is 12.8 Å². The summed E-state index contributed by atoms with van der Waals surface area (Å²) in [5.74, 6) is 0.415. The van der Waals surface area contributed by atoms with Gasteiger partial charge in [0.15, 0.2) is 5.13 Å². The minimum Gasteiger partial charge on any atom is -0.345 e. The summed E-state index contributed by atoms with van der Waals surface area (Å²) in [5, 5.41) is 4.23. The van der Waals surface area contributed by atoms with Gasteiger partial charge in [0.2, 0.25) is 0 Å². The van der Waals surface area contributed by atoms with Crippen molar-refractivity contribution < 1.29 is 0 Å². The van der Waals surface area contributed by atoms with Crippen LogP contribution >= 0.6 is 22.7 Å². The van der Waals surface area contributed by atoms with Crippen molar-refractivity contribution in [3.63, 3.8) is 0 Å². The van der Waals surface area contributed by atoms with Gasteiger partial charge in [-0.15, -0.1) is 22.7 Å². The molecule has 0 fully saturated rings. The van der Waals surface area contributed by atoms with Crippen LogP contribution < -0.4 is 10.6 Å². The second-order valence-corrected chi connectivity index (χ2v) is 7.00. The third-order valence-corrected chi connectivity index (χ3v) is 4.87. The Morgan fingerprint density at radius 1 is 1.37 bits per heavy atom. The molecule has 2 N–H and O–H groups in total. The van der Waals surface area contributed by atoms with Crippen molar-refractivity contribution in [2.24, 2.45) is 5.73 Å². The van der Waals surface area contributed by atoms with E-state index in [2.05, 4.69) is 36.2 Å². The Bertz CT molecular complexity index is 545. The Kier molecular flexibility index (Phi) is 4.54. The first-order chi connectivity index (χ1) is 9.01. The van der Waals surface area contributed by atoms with E-state index in [0.717, 1.165) is 28.1 Å². The van der Waals surface area contributed by atoms with Crippen LogP contribution in [0.2, 0.25) is 0 Å². The number of thiazole rings is 2. The second-order valence-electron chi connectivity index (χ2n) is 4.88. The SMILES string of the molecule is Cc1nc(CN(C)c2nc(C(C)C)c(CN)s2)cs1. The molecule has 0 radical (unpaired) electrons. The van der Waals surface area contributed by atoms with Crippen molar-refractivity contribution in [2.75, 3.05) is 11.9 Å². The third kappa shape index (κ3) is 3.32. The maximum absolute atomic E-state index is 5.80. The third-order valence-electron chi connectivity index (χ3n) is 2.84. The van der Waals surface area contributed by atoms with Crippen molar-refractivity contribution in [1.82, 2.24) is 9.97 Å². The molecule has 0 amide bonds. The highest BCUT2D eigenvalue weighted by molar-refractivity contribution is 7.15. The number of anilines is 1. The largest absolute Gasteiger partial charge is 0.345 e. The van der Waals surface area contributed by atoms with Gasteiger partial charge in [0, 0.05) is 23.8 Å².